The van der Waals surface area contributed by atoms with Crippen molar-refractivity contribution in [3.63, 3.8) is 0 Å². The third kappa shape index (κ3) is 2.56. The largest absolute Gasteiger partial charge is 0.439 e. The van der Waals surface area contributed by atoms with Gasteiger partial charge in [0.1, 0.15) is 11.8 Å². The standard InChI is InChI=1S/C18H14N2O/c1-2-13-7-3-6-10-17(13)21-18-11-14(12-19)15-8-4-5-9-16(15)20-18/h3-11H,2H2,1H3. The zero-order chi connectivity index (χ0) is 14.7. The van der Waals surface area contributed by atoms with Gasteiger partial charge in [0.25, 0.3) is 0 Å². The van der Waals surface area contributed by atoms with Gasteiger partial charge < -0.3 is 4.74 Å². The van der Waals surface area contributed by atoms with Gasteiger partial charge in [-0.3, -0.25) is 0 Å². The monoisotopic (exact) mass is 274 g/mol. The van der Waals surface area contributed by atoms with Crippen LogP contribution in [0.4, 0.5) is 0 Å². The van der Waals surface area contributed by atoms with Crippen LogP contribution in [0.1, 0.15) is 18.1 Å². The maximum absolute atomic E-state index is 9.29. The Morgan fingerprint density at radius 3 is 2.67 bits per heavy atom. The molecular formula is C18H14N2O. The van der Waals surface area contributed by atoms with Crippen LogP contribution in [0.3, 0.4) is 0 Å². The number of para-hydroxylation sites is 2. The molecule has 0 aliphatic rings. The summed E-state index contributed by atoms with van der Waals surface area (Å²) < 4.78 is 5.89. The lowest BCUT2D eigenvalue weighted by atomic mass is 10.1. The predicted molar refractivity (Wildman–Crippen MR) is 82.4 cm³/mol. The Kier molecular flexibility index (Phi) is 3.53. The summed E-state index contributed by atoms with van der Waals surface area (Å²) in [5.74, 6) is 1.23. The van der Waals surface area contributed by atoms with Crippen LogP contribution in [0.25, 0.3) is 10.9 Å². The van der Waals surface area contributed by atoms with Gasteiger partial charge in [-0.2, -0.15) is 5.26 Å². The van der Waals surface area contributed by atoms with E-state index < -0.39 is 0 Å². The van der Waals surface area contributed by atoms with E-state index >= 15 is 0 Å². The lowest BCUT2D eigenvalue weighted by molar-refractivity contribution is 0.459. The smallest absolute Gasteiger partial charge is 0.221 e. The first kappa shape index (κ1) is 13.1. The fourth-order valence-corrected chi connectivity index (χ4v) is 2.30. The zero-order valence-corrected chi connectivity index (χ0v) is 11.7. The molecule has 3 nitrogen and oxygen atoms in total. The molecule has 0 fully saturated rings. The fourth-order valence-electron chi connectivity index (χ4n) is 2.30. The van der Waals surface area contributed by atoms with E-state index in [2.05, 4.69) is 18.0 Å². The quantitative estimate of drug-likeness (QED) is 0.708. The first-order valence-corrected chi connectivity index (χ1v) is 6.87. The molecule has 0 unspecified atom stereocenters. The molecule has 2 aromatic carbocycles. The second kappa shape index (κ2) is 5.64. The Labute approximate surface area is 123 Å². The van der Waals surface area contributed by atoms with E-state index in [1.165, 1.54) is 0 Å². The van der Waals surface area contributed by atoms with E-state index in [0.29, 0.717) is 11.4 Å². The minimum Gasteiger partial charge on any atom is -0.439 e. The van der Waals surface area contributed by atoms with Gasteiger partial charge in [-0.15, -0.1) is 0 Å². The van der Waals surface area contributed by atoms with Crippen molar-refractivity contribution < 1.29 is 4.74 Å². The number of rotatable bonds is 3. The number of nitriles is 1. The molecule has 0 N–H and O–H groups in total. The highest BCUT2D eigenvalue weighted by Crippen LogP contribution is 2.27. The molecular weight excluding hydrogens is 260 g/mol. The number of nitrogens with zero attached hydrogens (tertiary/aromatic N) is 2. The topological polar surface area (TPSA) is 45.9 Å². The Balaban J connectivity index is 2.07. The van der Waals surface area contributed by atoms with Crippen LogP contribution in [0.15, 0.2) is 54.6 Å². The molecule has 0 amide bonds. The molecule has 3 aromatic rings. The van der Waals surface area contributed by atoms with E-state index in [1.54, 1.807) is 6.07 Å². The van der Waals surface area contributed by atoms with Gasteiger partial charge in [-0.1, -0.05) is 43.3 Å². The highest BCUT2D eigenvalue weighted by atomic mass is 16.5. The molecule has 1 heterocycles. The third-order valence-electron chi connectivity index (χ3n) is 3.38. The summed E-state index contributed by atoms with van der Waals surface area (Å²) in [7, 11) is 0. The Morgan fingerprint density at radius 2 is 1.86 bits per heavy atom. The SMILES string of the molecule is CCc1ccccc1Oc1cc(C#N)c2ccccc2n1. The van der Waals surface area contributed by atoms with Gasteiger partial charge in [-0.05, 0) is 24.1 Å². The molecule has 0 saturated carbocycles. The van der Waals surface area contributed by atoms with E-state index in [9.17, 15) is 5.26 Å². The number of hydrogen-bond donors (Lipinski definition) is 0. The number of pyridine rings is 1. The maximum Gasteiger partial charge on any atom is 0.221 e. The number of ether oxygens (including phenoxy) is 1. The molecule has 102 valence electrons. The van der Waals surface area contributed by atoms with Crippen LogP contribution < -0.4 is 4.74 Å². The molecule has 3 rings (SSSR count). The van der Waals surface area contributed by atoms with Gasteiger partial charge in [0.15, 0.2) is 0 Å². The maximum atomic E-state index is 9.29. The number of aromatic nitrogens is 1. The average Bonchev–Trinajstić information content (AvgIpc) is 2.54. The first-order chi connectivity index (χ1) is 10.3. The molecule has 21 heavy (non-hydrogen) atoms. The highest BCUT2D eigenvalue weighted by Gasteiger charge is 2.08. The van der Waals surface area contributed by atoms with E-state index in [-0.39, 0.29) is 0 Å². The molecule has 0 aliphatic heterocycles. The van der Waals surface area contributed by atoms with E-state index in [0.717, 1.165) is 28.6 Å². The molecule has 3 heteroatoms. The van der Waals surface area contributed by atoms with Gasteiger partial charge in [-0.25, -0.2) is 4.98 Å². The van der Waals surface area contributed by atoms with Gasteiger partial charge >= 0.3 is 0 Å². The summed E-state index contributed by atoms with van der Waals surface area (Å²) in [5.41, 5.74) is 2.45. The molecule has 0 aliphatic carbocycles. The number of aryl methyl sites for hydroxylation is 1. The van der Waals surface area contributed by atoms with Crippen molar-refractivity contribution >= 4 is 10.9 Å². The molecule has 0 atom stereocenters. The molecule has 0 saturated heterocycles. The van der Waals surface area contributed by atoms with Crippen LogP contribution in [0, 0.1) is 11.3 Å². The van der Waals surface area contributed by atoms with Gasteiger partial charge in [0.05, 0.1) is 11.1 Å². The van der Waals surface area contributed by atoms with Gasteiger partial charge in [0, 0.05) is 11.5 Å². The Morgan fingerprint density at radius 1 is 1.10 bits per heavy atom. The summed E-state index contributed by atoms with van der Waals surface area (Å²) in [6, 6.07) is 19.3. The van der Waals surface area contributed by atoms with Crippen LogP contribution in [-0.4, -0.2) is 4.98 Å². The van der Waals surface area contributed by atoms with Crippen molar-refractivity contribution in [2.24, 2.45) is 0 Å². The normalized spacial score (nSPS) is 10.3. The number of hydrogen-bond acceptors (Lipinski definition) is 3. The zero-order valence-electron chi connectivity index (χ0n) is 11.7. The van der Waals surface area contributed by atoms with Crippen molar-refractivity contribution in [3.8, 4) is 17.7 Å². The lowest BCUT2D eigenvalue weighted by Crippen LogP contribution is -1.94. The summed E-state index contributed by atoms with van der Waals surface area (Å²) in [5, 5.41) is 10.1. The second-order valence-corrected chi connectivity index (χ2v) is 4.70. The molecule has 0 bridgehead atoms. The van der Waals surface area contributed by atoms with E-state index in [1.807, 2.05) is 48.5 Å². The second-order valence-electron chi connectivity index (χ2n) is 4.70. The number of fused-ring (bicyclic) bond motifs is 1. The average molecular weight is 274 g/mol. The Bertz CT molecular complexity index is 834. The highest BCUT2D eigenvalue weighted by molar-refractivity contribution is 5.85. The predicted octanol–water partition coefficient (Wildman–Crippen LogP) is 4.46. The van der Waals surface area contributed by atoms with Crippen molar-refractivity contribution in [2.45, 2.75) is 13.3 Å². The van der Waals surface area contributed by atoms with Crippen LogP contribution in [0.2, 0.25) is 0 Å². The van der Waals surface area contributed by atoms with Crippen LogP contribution in [0.5, 0.6) is 11.6 Å². The van der Waals surface area contributed by atoms with Crippen molar-refractivity contribution in [1.82, 2.24) is 4.98 Å². The van der Waals surface area contributed by atoms with Crippen molar-refractivity contribution in [1.29, 1.82) is 5.26 Å². The van der Waals surface area contributed by atoms with Crippen LogP contribution in [-0.2, 0) is 6.42 Å². The lowest BCUT2D eigenvalue weighted by Gasteiger charge is -2.10. The molecule has 0 spiro atoms. The van der Waals surface area contributed by atoms with Gasteiger partial charge in [0.2, 0.25) is 5.88 Å². The third-order valence-corrected chi connectivity index (χ3v) is 3.38. The minimum absolute atomic E-state index is 0.450. The minimum atomic E-state index is 0.450. The van der Waals surface area contributed by atoms with Crippen LogP contribution >= 0.6 is 0 Å². The summed E-state index contributed by atoms with van der Waals surface area (Å²) >= 11 is 0. The summed E-state index contributed by atoms with van der Waals surface area (Å²) in [6.45, 7) is 2.08. The summed E-state index contributed by atoms with van der Waals surface area (Å²) in [4.78, 5) is 4.48. The Hall–Kier alpha value is -2.86. The van der Waals surface area contributed by atoms with E-state index in [4.69, 9.17) is 4.74 Å². The fraction of sp³-hybridized carbons (Fsp3) is 0.111. The number of benzene rings is 2. The van der Waals surface area contributed by atoms with Crippen molar-refractivity contribution in [2.75, 3.05) is 0 Å². The first-order valence-electron chi connectivity index (χ1n) is 6.87. The summed E-state index contributed by atoms with van der Waals surface area (Å²) in [6.07, 6.45) is 0.884. The van der Waals surface area contributed by atoms with Crippen molar-refractivity contribution in [3.05, 3.63) is 65.7 Å². The molecule has 0 radical (unpaired) electrons. The molecule has 1 aromatic heterocycles.